The Kier molecular flexibility index (Phi) is 10.1. The van der Waals surface area contributed by atoms with Gasteiger partial charge in [-0.2, -0.15) is 0 Å². The molecule has 0 aliphatic heterocycles. The average Bonchev–Trinajstić information content (AvgIpc) is 3.09. The molecular weight excluding hydrogens is 465 g/mol. The lowest BCUT2D eigenvalue weighted by atomic mass is 10.2. The zero-order chi connectivity index (χ0) is 18.1. The van der Waals surface area contributed by atoms with Crippen LogP contribution in [0.2, 0.25) is 5.02 Å². The van der Waals surface area contributed by atoms with Gasteiger partial charge in [-0.1, -0.05) is 17.7 Å². The molecule has 26 heavy (non-hydrogen) atoms. The van der Waals surface area contributed by atoms with Crippen LogP contribution in [-0.4, -0.2) is 36.6 Å². The van der Waals surface area contributed by atoms with E-state index in [1.807, 2.05) is 49.6 Å². The van der Waals surface area contributed by atoms with Crippen molar-refractivity contribution in [2.75, 3.05) is 25.5 Å². The van der Waals surface area contributed by atoms with Crippen LogP contribution in [0.25, 0.3) is 0 Å². The molecule has 0 aliphatic carbocycles. The van der Waals surface area contributed by atoms with Crippen LogP contribution < -0.4 is 16.0 Å². The monoisotopic (exact) mass is 489 g/mol. The number of amides is 1. The maximum atomic E-state index is 12.0. The molecule has 0 unspecified atom stereocenters. The first-order valence-corrected chi connectivity index (χ1v) is 8.57. The van der Waals surface area contributed by atoms with Crippen molar-refractivity contribution in [2.24, 2.45) is 4.99 Å². The maximum absolute atomic E-state index is 12.0. The van der Waals surface area contributed by atoms with E-state index in [1.165, 1.54) is 0 Å². The molecule has 0 fully saturated rings. The molecule has 0 saturated heterocycles. The zero-order valence-corrected chi connectivity index (χ0v) is 18.0. The lowest BCUT2D eigenvalue weighted by Gasteiger charge is -2.12. The van der Waals surface area contributed by atoms with Gasteiger partial charge in [0.25, 0.3) is 0 Å². The standard InChI is InChI=1S/C18H24ClN5O.HI/c1-14-5-6-16(15(19)13-14)23-17(25)7-8-21-18(20-2)22-9-12-24-10-3-4-11-24;/h3-6,10-11,13H,7-9,12H2,1-2H3,(H,23,25)(H2,20,21,22);1H. The molecule has 0 saturated carbocycles. The SMILES string of the molecule is CN=C(NCCC(=O)Nc1ccc(C)cc1Cl)NCCn1cccc1.I. The summed E-state index contributed by atoms with van der Waals surface area (Å²) in [7, 11) is 1.71. The van der Waals surface area contributed by atoms with Crippen LogP contribution in [0.15, 0.2) is 47.7 Å². The van der Waals surface area contributed by atoms with Gasteiger partial charge in [-0.3, -0.25) is 9.79 Å². The molecule has 1 amide bonds. The Labute approximate surface area is 176 Å². The summed E-state index contributed by atoms with van der Waals surface area (Å²) in [6.07, 6.45) is 4.35. The number of anilines is 1. The predicted molar refractivity (Wildman–Crippen MR) is 119 cm³/mol. The largest absolute Gasteiger partial charge is 0.356 e. The molecule has 2 rings (SSSR count). The van der Waals surface area contributed by atoms with Gasteiger partial charge in [-0.25, -0.2) is 0 Å². The number of aliphatic imine (C=N–C) groups is 1. The third-order valence-electron chi connectivity index (χ3n) is 3.60. The van der Waals surface area contributed by atoms with Crippen molar-refractivity contribution in [3.63, 3.8) is 0 Å². The van der Waals surface area contributed by atoms with Gasteiger partial charge in [0.2, 0.25) is 5.91 Å². The van der Waals surface area contributed by atoms with Crippen molar-refractivity contribution in [1.29, 1.82) is 0 Å². The maximum Gasteiger partial charge on any atom is 0.226 e. The number of guanidine groups is 1. The summed E-state index contributed by atoms with van der Waals surface area (Å²) < 4.78 is 2.08. The van der Waals surface area contributed by atoms with E-state index in [2.05, 4.69) is 25.5 Å². The Morgan fingerprint density at radius 1 is 1.19 bits per heavy atom. The highest BCUT2D eigenvalue weighted by Crippen LogP contribution is 2.22. The fourth-order valence-corrected chi connectivity index (χ4v) is 2.55. The molecule has 1 aromatic heterocycles. The minimum atomic E-state index is -0.0963. The highest BCUT2D eigenvalue weighted by Gasteiger charge is 2.06. The van der Waals surface area contributed by atoms with E-state index in [-0.39, 0.29) is 29.9 Å². The summed E-state index contributed by atoms with van der Waals surface area (Å²) in [4.78, 5) is 16.2. The third kappa shape index (κ3) is 7.65. The molecule has 0 bridgehead atoms. The smallest absolute Gasteiger partial charge is 0.226 e. The quantitative estimate of drug-likeness (QED) is 0.318. The average molecular weight is 490 g/mol. The summed E-state index contributed by atoms with van der Waals surface area (Å²) in [5.74, 6) is 0.578. The van der Waals surface area contributed by atoms with Gasteiger partial charge in [0.1, 0.15) is 0 Å². The Morgan fingerprint density at radius 3 is 2.54 bits per heavy atom. The first-order valence-electron chi connectivity index (χ1n) is 8.20. The molecule has 6 nitrogen and oxygen atoms in total. The number of nitrogens with one attached hydrogen (secondary N) is 3. The fraction of sp³-hybridized carbons (Fsp3) is 0.333. The van der Waals surface area contributed by atoms with Crippen LogP contribution in [-0.2, 0) is 11.3 Å². The first kappa shape index (κ1) is 22.3. The third-order valence-corrected chi connectivity index (χ3v) is 3.91. The van der Waals surface area contributed by atoms with E-state index < -0.39 is 0 Å². The van der Waals surface area contributed by atoms with Crippen LogP contribution in [0.1, 0.15) is 12.0 Å². The lowest BCUT2D eigenvalue weighted by Crippen LogP contribution is -2.40. The van der Waals surface area contributed by atoms with Crippen LogP contribution in [0, 0.1) is 6.92 Å². The van der Waals surface area contributed by atoms with Gasteiger partial charge in [0.05, 0.1) is 10.7 Å². The fourth-order valence-electron chi connectivity index (χ4n) is 2.27. The van der Waals surface area contributed by atoms with Crippen LogP contribution in [0.5, 0.6) is 0 Å². The van der Waals surface area contributed by atoms with Crippen LogP contribution >= 0.6 is 35.6 Å². The van der Waals surface area contributed by atoms with Crippen molar-refractivity contribution in [2.45, 2.75) is 19.9 Å². The summed E-state index contributed by atoms with van der Waals surface area (Å²) in [6, 6.07) is 9.53. The number of aromatic nitrogens is 1. The number of nitrogens with zero attached hydrogens (tertiary/aromatic N) is 2. The second-order valence-corrected chi connectivity index (χ2v) is 6.04. The first-order chi connectivity index (χ1) is 12.1. The minimum absolute atomic E-state index is 0. The van der Waals surface area contributed by atoms with Gasteiger partial charge in [0, 0.05) is 45.5 Å². The number of carbonyl (C=O) groups is 1. The summed E-state index contributed by atoms with van der Waals surface area (Å²) in [5, 5.41) is 9.70. The van der Waals surface area contributed by atoms with E-state index >= 15 is 0 Å². The predicted octanol–water partition coefficient (Wildman–Crippen LogP) is 3.26. The number of halogens is 2. The Morgan fingerprint density at radius 2 is 1.88 bits per heavy atom. The van der Waals surface area contributed by atoms with Gasteiger partial charge < -0.3 is 20.5 Å². The Bertz CT molecular complexity index is 718. The molecule has 2 aromatic rings. The van der Waals surface area contributed by atoms with Crippen molar-refractivity contribution in [1.82, 2.24) is 15.2 Å². The van der Waals surface area contributed by atoms with E-state index in [0.29, 0.717) is 29.6 Å². The van der Waals surface area contributed by atoms with E-state index in [1.54, 1.807) is 7.05 Å². The normalized spacial score (nSPS) is 10.8. The molecule has 1 aromatic carbocycles. The van der Waals surface area contributed by atoms with Crippen molar-refractivity contribution in [3.05, 3.63) is 53.3 Å². The Balaban J connectivity index is 0.00000338. The molecule has 0 aliphatic rings. The second kappa shape index (κ2) is 11.8. The molecule has 8 heteroatoms. The topological polar surface area (TPSA) is 70.4 Å². The van der Waals surface area contributed by atoms with E-state index in [9.17, 15) is 4.79 Å². The van der Waals surface area contributed by atoms with Gasteiger partial charge in [-0.15, -0.1) is 24.0 Å². The minimum Gasteiger partial charge on any atom is -0.356 e. The van der Waals surface area contributed by atoms with Crippen LogP contribution in [0.4, 0.5) is 5.69 Å². The molecule has 142 valence electrons. The number of aryl methyl sites for hydroxylation is 1. The summed E-state index contributed by atoms with van der Waals surface area (Å²) in [5.41, 5.74) is 1.69. The Hall–Kier alpha value is -1.74. The van der Waals surface area contributed by atoms with Crippen molar-refractivity contribution in [3.8, 4) is 0 Å². The number of hydrogen-bond acceptors (Lipinski definition) is 2. The summed E-state index contributed by atoms with van der Waals surface area (Å²) in [6.45, 7) is 4.04. The van der Waals surface area contributed by atoms with Gasteiger partial charge >= 0.3 is 0 Å². The molecule has 0 spiro atoms. The van der Waals surface area contributed by atoms with Crippen molar-refractivity contribution >= 4 is 53.1 Å². The van der Waals surface area contributed by atoms with Crippen LogP contribution in [0.3, 0.4) is 0 Å². The number of rotatable bonds is 7. The molecular formula is C18H25ClIN5O. The molecule has 0 radical (unpaired) electrons. The lowest BCUT2D eigenvalue weighted by molar-refractivity contribution is -0.116. The van der Waals surface area contributed by atoms with Gasteiger partial charge in [-0.05, 0) is 36.8 Å². The number of benzene rings is 1. The highest BCUT2D eigenvalue weighted by molar-refractivity contribution is 14.0. The van der Waals surface area contributed by atoms with Crippen molar-refractivity contribution < 1.29 is 4.79 Å². The molecule has 1 heterocycles. The van der Waals surface area contributed by atoms with Gasteiger partial charge in [0.15, 0.2) is 5.96 Å². The van der Waals surface area contributed by atoms with E-state index in [0.717, 1.165) is 18.7 Å². The number of carbonyl (C=O) groups excluding carboxylic acids is 1. The molecule has 3 N–H and O–H groups in total. The zero-order valence-electron chi connectivity index (χ0n) is 15.0. The highest BCUT2D eigenvalue weighted by atomic mass is 127. The second-order valence-electron chi connectivity index (χ2n) is 5.63. The summed E-state index contributed by atoms with van der Waals surface area (Å²) >= 11 is 6.12. The molecule has 0 atom stereocenters. The number of hydrogen-bond donors (Lipinski definition) is 3. The van der Waals surface area contributed by atoms with E-state index in [4.69, 9.17) is 11.6 Å².